The molecule has 174 valence electrons. The maximum absolute atomic E-state index is 13.4. The molecular formula is C24H33N3O4S. The first-order valence-electron chi connectivity index (χ1n) is 11.2. The van der Waals surface area contributed by atoms with E-state index in [0.717, 1.165) is 30.5 Å². The zero-order valence-corrected chi connectivity index (χ0v) is 20.2. The fourth-order valence-electron chi connectivity index (χ4n) is 3.94. The van der Waals surface area contributed by atoms with Gasteiger partial charge in [-0.1, -0.05) is 54.4 Å². The molecule has 2 aromatic rings. The molecule has 0 spiro atoms. The van der Waals surface area contributed by atoms with Gasteiger partial charge in [0.1, 0.15) is 5.69 Å². The lowest BCUT2D eigenvalue weighted by Gasteiger charge is -2.32. The van der Waals surface area contributed by atoms with Crippen LogP contribution in [0.5, 0.6) is 0 Å². The molecule has 0 unspecified atom stereocenters. The Bertz CT molecular complexity index is 1050. The van der Waals surface area contributed by atoms with Gasteiger partial charge in [-0.2, -0.15) is 4.31 Å². The molecule has 0 N–H and O–H groups in total. The van der Waals surface area contributed by atoms with Gasteiger partial charge in [-0.15, -0.1) is 0 Å². The quantitative estimate of drug-likeness (QED) is 0.593. The smallest absolute Gasteiger partial charge is 0.248 e. The van der Waals surface area contributed by atoms with Crippen molar-refractivity contribution in [3.8, 4) is 0 Å². The second-order valence-electron chi connectivity index (χ2n) is 8.50. The number of hydrogen-bond acceptors (Lipinski definition) is 5. The Kier molecular flexibility index (Phi) is 7.90. The van der Waals surface area contributed by atoms with E-state index in [-0.39, 0.29) is 22.5 Å². The van der Waals surface area contributed by atoms with Crippen molar-refractivity contribution in [2.24, 2.45) is 5.92 Å². The van der Waals surface area contributed by atoms with Crippen LogP contribution in [0.15, 0.2) is 33.7 Å². The Morgan fingerprint density at radius 3 is 2.47 bits per heavy atom. The molecule has 1 saturated heterocycles. The van der Waals surface area contributed by atoms with E-state index < -0.39 is 10.0 Å². The molecule has 1 amide bonds. The second kappa shape index (κ2) is 10.4. The minimum atomic E-state index is -3.77. The van der Waals surface area contributed by atoms with E-state index in [9.17, 15) is 13.2 Å². The molecule has 32 heavy (non-hydrogen) atoms. The van der Waals surface area contributed by atoms with Crippen LogP contribution in [0, 0.1) is 19.8 Å². The number of carbonyl (C=O) groups excluding carboxylic acids is 1. The third-order valence-electron chi connectivity index (χ3n) is 5.96. The topological polar surface area (TPSA) is 83.7 Å². The molecular weight excluding hydrogens is 426 g/mol. The van der Waals surface area contributed by atoms with Crippen molar-refractivity contribution >= 4 is 28.1 Å². The highest BCUT2D eigenvalue weighted by molar-refractivity contribution is 7.89. The van der Waals surface area contributed by atoms with Gasteiger partial charge in [-0.25, -0.2) is 8.42 Å². The SMILES string of the molecule is CCCCN(C)C(=O)C1CCN(S(=O)(=O)c2c(C)noc2C=Cc2ccc(C)cc2)CC1. The highest BCUT2D eigenvalue weighted by Gasteiger charge is 2.36. The molecule has 0 atom stereocenters. The summed E-state index contributed by atoms with van der Waals surface area (Å²) in [6.45, 7) is 7.11. The molecule has 3 rings (SSSR count). The maximum Gasteiger partial charge on any atom is 0.248 e. The van der Waals surface area contributed by atoms with Crippen LogP contribution < -0.4 is 0 Å². The Morgan fingerprint density at radius 2 is 1.84 bits per heavy atom. The minimum Gasteiger partial charge on any atom is -0.355 e. The molecule has 0 aliphatic carbocycles. The average Bonchev–Trinajstić information content (AvgIpc) is 3.17. The number of hydrogen-bond donors (Lipinski definition) is 0. The van der Waals surface area contributed by atoms with Gasteiger partial charge in [0.15, 0.2) is 10.7 Å². The van der Waals surface area contributed by atoms with Crippen LogP contribution in [0.4, 0.5) is 0 Å². The molecule has 1 fully saturated rings. The lowest BCUT2D eigenvalue weighted by molar-refractivity contribution is -0.135. The molecule has 1 aromatic heterocycles. The van der Waals surface area contributed by atoms with Crippen molar-refractivity contribution in [1.82, 2.24) is 14.4 Å². The summed E-state index contributed by atoms with van der Waals surface area (Å²) in [4.78, 5) is 14.5. The molecule has 0 saturated carbocycles. The zero-order chi connectivity index (χ0) is 23.3. The Hall–Kier alpha value is -2.45. The number of sulfonamides is 1. The lowest BCUT2D eigenvalue weighted by Crippen LogP contribution is -2.43. The van der Waals surface area contributed by atoms with Crippen molar-refractivity contribution in [2.75, 3.05) is 26.7 Å². The van der Waals surface area contributed by atoms with Gasteiger partial charge in [0.05, 0.1) is 0 Å². The average molecular weight is 460 g/mol. The van der Waals surface area contributed by atoms with Crippen LogP contribution in [0.2, 0.25) is 0 Å². The molecule has 0 bridgehead atoms. The van der Waals surface area contributed by atoms with Crippen molar-refractivity contribution in [2.45, 2.75) is 51.3 Å². The number of aryl methyl sites for hydroxylation is 2. The van der Waals surface area contributed by atoms with E-state index in [1.54, 1.807) is 17.9 Å². The second-order valence-corrected chi connectivity index (χ2v) is 10.4. The van der Waals surface area contributed by atoms with Gasteiger partial charge < -0.3 is 9.42 Å². The molecule has 2 heterocycles. The standard InChI is InChI=1S/C24H33N3O4S/c1-5-6-15-26(4)24(28)21-13-16-27(17-14-21)32(29,30)23-19(3)25-31-22(23)12-11-20-9-7-18(2)8-10-20/h7-12,21H,5-6,13-17H2,1-4H3. The highest BCUT2D eigenvalue weighted by atomic mass is 32.2. The predicted molar refractivity (Wildman–Crippen MR) is 125 cm³/mol. The van der Waals surface area contributed by atoms with Gasteiger partial charge in [0.25, 0.3) is 0 Å². The van der Waals surface area contributed by atoms with Crippen LogP contribution >= 0.6 is 0 Å². The van der Waals surface area contributed by atoms with E-state index in [1.807, 2.05) is 44.3 Å². The zero-order valence-electron chi connectivity index (χ0n) is 19.4. The van der Waals surface area contributed by atoms with Gasteiger partial charge in [0.2, 0.25) is 15.9 Å². The van der Waals surface area contributed by atoms with E-state index >= 15 is 0 Å². The van der Waals surface area contributed by atoms with Crippen LogP contribution in [0.3, 0.4) is 0 Å². The fraction of sp³-hybridized carbons (Fsp3) is 0.500. The minimum absolute atomic E-state index is 0.103. The lowest BCUT2D eigenvalue weighted by atomic mass is 9.96. The van der Waals surface area contributed by atoms with Crippen molar-refractivity contribution in [3.05, 3.63) is 46.8 Å². The van der Waals surface area contributed by atoms with Gasteiger partial charge in [0, 0.05) is 32.6 Å². The van der Waals surface area contributed by atoms with Crippen LogP contribution in [-0.2, 0) is 14.8 Å². The summed E-state index contributed by atoms with van der Waals surface area (Å²) in [7, 11) is -1.95. The summed E-state index contributed by atoms with van der Waals surface area (Å²) in [6, 6.07) is 7.91. The summed E-state index contributed by atoms with van der Waals surface area (Å²) in [6.07, 6.45) is 6.51. The number of nitrogens with zero attached hydrogens (tertiary/aromatic N) is 3. The van der Waals surface area contributed by atoms with Gasteiger partial charge in [-0.05, 0) is 44.7 Å². The summed E-state index contributed by atoms with van der Waals surface area (Å²) >= 11 is 0. The van der Waals surface area contributed by atoms with E-state index in [0.29, 0.717) is 31.6 Å². The molecule has 0 radical (unpaired) electrons. The number of benzene rings is 1. The molecule has 1 aliphatic rings. The Labute approximate surface area is 191 Å². The normalized spacial score (nSPS) is 16.0. The number of amides is 1. The predicted octanol–water partition coefficient (Wildman–Crippen LogP) is 4.12. The van der Waals surface area contributed by atoms with Crippen LogP contribution in [-0.4, -0.2) is 55.4 Å². The van der Waals surface area contributed by atoms with E-state index in [4.69, 9.17) is 4.52 Å². The third-order valence-corrected chi connectivity index (χ3v) is 8.02. The fourth-order valence-corrected chi connectivity index (χ4v) is 5.66. The Balaban J connectivity index is 1.72. The Morgan fingerprint density at radius 1 is 1.19 bits per heavy atom. The summed E-state index contributed by atoms with van der Waals surface area (Å²) < 4.78 is 33.6. The van der Waals surface area contributed by atoms with E-state index in [2.05, 4.69) is 12.1 Å². The summed E-state index contributed by atoms with van der Waals surface area (Å²) in [5.74, 6) is 0.201. The van der Waals surface area contributed by atoms with Gasteiger partial charge >= 0.3 is 0 Å². The number of aromatic nitrogens is 1. The largest absolute Gasteiger partial charge is 0.355 e. The molecule has 7 nitrogen and oxygen atoms in total. The number of piperidine rings is 1. The van der Waals surface area contributed by atoms with E-state index in [1.165, 1.54) is 4.31 Å². The van der Waals surface area contributed by atoms with Crippen molar-refractivity contribution < 1.29 is 17.7 Å². The van der Waals surface area contributed by atoms with Crippen molar-refractivity contribution in [1.29, 1.82) is 0 Å². The first kappa shape index (κ1) is 24.2. The number of rotatable bonds is 8. The van der Waals surface area contributed by atoms with Gasteiger partial charge in [-0.3, -0.25) is 4.79 Å². The first-order valence-corrected chi connectivity index (χ1v) is 12.6. The summed E-state index contributed by atoms with van der Waals surface area (Å²) in [5, 5.41) is 3.91. The van der Waals surface area contributed by atoms with Crippen LogP contribution in [0.1, 0.15) is 55.2 Å². The number of unbranched alkanes of at least 4 members (excludes halogenated alkanes) is 1. The molecule has 1 aromatic carbocycles. The monoisotopic (exact) mass is 459 g/mol. The maximum atomic E-state index is 13.4. The van der Waals surface area contributed by atoms with Crippen molar-refractivity contribution in [3.63, 3.8) is 0 Å². The molecule has 1 aliphatic heterocycles. The molecule has 8 heteroatoms. The summed E-state index contributed by atoms with van der Waals surface area (Å²) in [5.41, 5.74) is 2.44. The first-order chi connectivity index (χ1) is 15.2. The third kappa shape index (κ3) is 5.48. The van der Waals surface area contributed by atoms with Crippen LogP contribution in [0.25, 0.3) is 12.2 Å². The highest BCUT2D eigenvalue weighted by Crippen LogP contribution is 2.29. The number of carbonyl (C=O) groups is 1.